The molecule has 0 aliphatic rings. The maximum atomic E-state index is 12.4. The van der Waals surface area contributed by atoms with Gasteiger partial charge in [0.15, 0.2) is 6.10 Å². The fourth-order valence-electron chi connectivity index (χ4n) is 2.54. The van der Waals surface area contributed by atoms with Crippen LogP contribution in [0.25, 0.3) is 0 Å². The minimum atomic E-state index is -3.34. The molecule has 1 amide bonds. The highest BCUT2D eigenvalue weighted by Gasteiger charge is 2.18. The monoisotopic (exact) mass is 436 g/mol. The number of rotatable bonds is 11. The van der Waals surface area contributed by atoms with Gasteiger partial charge in [-0.2, -0.15) is 0 Å². The maximum absolute atomic E-state index is 12.4. The van der Waals surface area contributed by atoms with Crippen LogP contribution in [0.2, 0.25) is 0 Å². The molecule has 1 atom stereocenters. The Hall–Kier alpha value is -2.94. The number of hydrogen-bond acceptors (Lipinski definition) is 6. The molecule has 0 aromatic heterocycles. The molecular formula is C21H28N2O6S. The van der Waals surface area contributed by atoms with E-state index >= 15 is 0 Å². The zero-order valence-electron chi connectivity index (χ0n) is 17.6. The summed E-state index contributed by atoms with van der Waals surface area (Å²) in [5, 5.41) is 2.80. The third kappa shape index (κ3) is 6.84. The maximum Gasteiger partial charge on any atom is 0.261 e. The molecule has 9 heteroatoms. The van der Waals surface area contributed by atoms with E-state index < -0.39 is 16.1 Å². The second-order valence-corrected chi connectivity index (χ2v) is 8.57. The summed E-state index contributed by atoms with van der Waals surface area (Å²) in [6.45, 7) is 2.51. The molecule has 2 aromatic carbocycles. The summed E-state index contributed by atoms with van der Waals surface area (Å²) in [5.41, 5.74) is 0.512. The van der Waals surface area contributed by atoms with Crippen molar-refractivity contribution in [3.05, 3.63) is 48.5 Å². The fourth-order valence-corrected chi connectivity index (χ4v) is 3.05. The van der Waals surface area contributed by atoms with Crippen molar-refractivity contribution < 1.29 is 27.4 Å². The van der Waals surface area contributed by atoms with E-state index in [1.165, 1.54) is 11.4 Å². The Morgan fingerprint density at radius 2 is 1.60 bits per heavy atom. The SMILES string of the molecule is CCC(Oc1ccc(N(C)S(C)(=O)=O)cc1)C(=O)NCCOc1ccc(OC)cc1. The van der Waals surface area contributed by atoms with Crippen molar-refractivity contribution in [3.8, 4) is 17.2 Å². The average molecular weight is 437 g/mol. The molecule has 0 aliphatic heterocycles. The number of nitrogens with one attached hydrogen (secondary N) is 1. The fraction of sp³-hybridized carbons (Fsp3) is 0.381. The number of ether oxygens (including phenoxy) is 3. The molecule has 0 radical (unpaired) electrons. The van der Waals surface area contributed by atoms with E-state index in [-0.39, 0.29) is 5.91 Å². The molecule has 2 aromatic rings. The number of anilines is 1. The lowest BCUT2D eigenvalue weighted by Gasteiger charge is -2.19. The van der Waals surface area contributed by atoms with Crippen molar-refractivity contribution in [2.24, 2.45) is 0 Å². The zero-order chi connectivity index (χ0) is 22.1. The highest BCUT2D eigenvalue weighted by Crippen LogP contribution is 2.21. The van der Waals surface area contributed by atoms with Crippen LogP contribution in [-0.2, 0) is 14.8 Å². The molecule has 0 aliphatic carbocycles. The van der Waals surface area contributed by atoms with Crippen LogP contribution in [0.4, 0.5) is 5.69 Å². The number of methoxy groups -OCH3 is 1. The molecule has 2 rings (SSSR count). The van der Waals surface area contributed by atoms with Gasteiger partial charge in [-0.05, 0) is 55.0 Å². The Balaban J connectivity index is 1.82. The van der Waals surface area contributed by atoms with E-state index in [1.807, 2.05) is 6.92 Å². The first kappa shape index (κ1) is 23.3. The lowest BCUT2D eigenvalue weighted by molar-refractivity contribution is -0.128. The topological polar surface area (TPSA) is 94.2 Å². The summed E-state index contributed by atoms with van der Waals surface area (Å²) in [5.74, 6) is 1.67. The zero-order valence-corrected chi connectivity index (χ0v) is 18.4. The lowest BCUT2D eigenvalue weighted by Crippen LogP contribution is -2.39. The number of hydrogen-bond donors (Lipinski definition) is 1. The number of carbonyl (C=O) groups is 1. The molecule has 0 spiro atoms. The van der Waals surface area contributed by atoms with Gasteiger partial charge in [0.1, 0.15) is 23.9 Å². The van der Waals surface area contributed by atoms with Crippen LogP contribution in [-0.4, -0.2) is 54.0 Å². The smallest absolute Gasteiger partial charge is 0.261 e. The lowest BCUT2D eigenvalue weighted by atomic mass is 10.2. The summed E-state index contributed by atoms with van der Waals surface area (Å²) in [6, 6.07) is 13.7. The number of benzene rings is 2. The first-order valence-electron chi connectivity index (χ1n) is 9.49. The van der Waals surface area contributed by atoms with Crippen molar-refractivity contribution in [1.82, 2.24) is 5.32 Å². The average Bonchev–Trinajstić information content (AvgIpc) is 2.74. The summed E-state index contributed by atoms with van der Waals surface area (Å²) in [7, 11) is -0.265. The van der Waals surface area contributed by atoms with Crippen molar-refractivity contribution in [2.45, 2.75) is 19.4 Å². The molecule has 0 saturated carbocycles. The van der Waals surface area contributed by atoms with Gasteiger partial charge in [0.25, 0.3) is 5.91 Å². The van der Waals surface area contributed by atoms with Crippen LogP contribution in [0.3, 0.4) is 0 Å². The summed E-state index contributed by atoms with van der Waals surface area (Å²) in [6.07, 6.45) is 0.952. The van der Waals surface area contributed by atoms with E-state index in [9.17, 15) is 13.2 Å². The Labute approximate surface area is 177 Å². The number of nitrogens with zero attached hydrogens (tertiary/aromatic N) is 1. The first-order chi connectivity index (χ1) is 14.2. The summed E-state index contributed by atoms with van der Waals surface area (Å²) < 4.78 is 40.8. The van der Waals surface area contributed by atoms with Crippen molar-refractivity contribution in [1.29, 1.82) is 0 Å². The molecule has 164 valence electrons. The number of sulfonamides is 1. The van der Waals surface area contributed by atoms with Gasteiger partial charge in [-0.15, -0.1) is 0 Å². The van der Waals surface area contributed by atoms with Gasteiger partial charge >= 0.3 is 0 Å². The summed E-state index contributed by atoms with van der Waals surface area (Å²) in [4.78, 5) is 12.4. The molecular weight excluding hydrogens is 408 g/mol. The molecule has 0 fully saturated rings. The number of carbonyl (C=O) groups excluding carboxylic acids is 1. The van der Waals surface area contributed by atoms with Gasteiger partial charge in [0.05, 0.1) is 25.6 Å². The van der Waals surface area contributed by atoms with Gasteiger partial charge in [-0.1, -0.05) is 6.92 Å². The largest absolute Gasteiger partial charge is 0.497 e. The van der Waals surface area contributed by atoms with Crippen LogP contribution in [0.5, 0.6) is 17.2 Å². The Kier molecular flexibility index (Phi) is 8.35. The predicted molar refractivity (Wildman–Crippen MR) is 116 cm³/mol. The third-order valence-electron chi connectivity index (χ3n) is 4.37. The third-order valence-corrected chi connectivity index (χ3v) is 5.57. The van der Waals surface area contributed by atoms with Crippen molar-refractivity contribution in [2.75, 3.05) is 37.9 Å². The normalized spacial score (nSPS) is 12.0. The van der Waals surface area contributed by atoms with Crippen LogP contribution in [0.15, 0.2) is 48.5 Å². The number of amides is 1. The molecule has 1 N–H and O–H groups in total. The van der Waals surface area contributed by atoms with Gasteiger partial charge in [0.2, 0.25) is 10.0 Å². The molecule has 0 saturated heterocycles. The van der Waals surface area contributed by atoms with E-state index in [4.69, 9.17) is 14.2 Å². The molecule has 1 unspecified atom stereocenters. The van der Waals surface area contributed by atoms with Gasteiger partial charge in [0, 0.05) is 7.05 Å². The van der Waals surface area contributed by atoms with Gasteiger partial charge < -0.3 is 19.5 Å². The molecule has 8 nitrogen and oxygen atoms in total. The Morgan fingerprint density at radius 3 is 2.13 bits per heavy atom. The molecule has 0 heterocycles. The Morgan fingerprint density at radius 1 is 1.03 bits per heavy atom. The molecule has 0 bridgehead atoms. The molecule has 30 heavy (non-hydrogen) atoms. The minimum absolute atomic E-state index is 0.242. The van der Waals surface area contributed by atoms with Gasteiger partial charge in [-0.3, -0.25) is 9.10 Å². The second kappa shape index (κ2) is 10.7. The Bertz CT molecular complexity index is 914. The predicted octanol–water partition coefficient (Wildman–Crippen LogP) is 2.44. The van der Waals surface area contributed by atoms with E-state index in [2.05, 4.69) is 5.32 Å². The van der Waals surface area contributed by atoms with Crippen molar-refractivity contribution in [3.63, 3.8) is 0 Å². The van der Waals surface area contributed by atoms with Crippen LogP contribution < -0.4 is 23.8 Å². The highest BCUT2D eigenvalue weighted by atomic mass is 32.2. The van der Waals surface area contributed by atoms with E-state index in [0.717, 1.165) is 12.0 Å². The standard InChI is InChI=1S/C21H28N2O6S/c1-5-20(29-19-8-6-16(7-9-19)23(2)30(4,25)26)21(24)22-14-15-28-18-12-10-17(27-3)11-13-18/h6-13,20H,5,14-15H2,1-4H3,(H,22,24). The van der Waals surface area contributed by atoms with Crippen LogP contribution in [0.1, 0.15) is 13.3 Å². The van der Waals surface area contributed by atoms with Crippen LogP contribution >= 0.6 is 0 Å². The van der Waals surface area contributed by atoms with Crippen LogP contribution in [0, 0.1) is 0 Å². The van der Waals surface area contributed by atoms with Crippen molar-refractivity contribution >= 4 is 21.6 Å². The highest BCUT2D eigenvalue weighted by molar-refractivity contribution is 7.92. The minimum Gasteiger partial charge on any atom is -0.497 e. The first-order valence-corrected chi connectivity index (χ1v) is 11.3. The van der Waals surface area contributed by atoms with E-state index in [0.29, 0.717) is 36.8 Å². The quantitative estimate of drug-likeness (QED) is 0.544. The van der Waals surface area contributed by atoms with E-state index in [1.54, 1.807) is 55.6 Å². The second-order valence-electron chi connectivity index (χ2n) is 6.55. The van der Waals surface area contributed by atoms with Gasteiger partial charge in [-0.25, -0.2) is 8.42 Å². The summed E-state index contributed by atoms with van der Waals surface area (Å²) >= 11 is 0.